The molecule has 20 heavy (non-hydrogen) atoms. The van der Waals surface area contributed by atoms with Crippen LogP contribution in [0, 0.1) is 0 Å². The second-order valence-electron chi connectivity index (χ2n) is 4.81. The van der Waals surface area contributed by atoms with Crippen LogP contribution in [0.5, 0.6) is 0 Å². The Morgan fingerprint density at radius 2 is 2.25 bits per heavy atom. The van der Waals surface area contributed by atoms with E-state index >= 15 is 0 Å². The Bertz CT molecular complexity index is 555. The topological polar surface area (TPSA) is 41.1 Å². The van der Waals surface area contributed by atoms with E-state index in [1.165, 1.54) is 0 Å². The fourth-order valence-electron chi connectivity index (χ4n) is 2.26. The van der Waals surface area contributed by atoms with Crippen molar-refractivity contribution in [3.8, 4) is 0 Å². The molecule has 0 aliphatic carbocycles. The molecule has 2 aromatic heterocycles. The van der Waals surface area contributed by atoms with Crippen molar-refractivity contribution in [1.29, 1.82) is 0 Å². The predicted molar refractivity (Wildman–Crippen MR) is 90.9 cm³/mol. The third-order valence-corrected chi connectivity index (χ3v) is 4.98. The SMILES string of the molecule is CCC(CSC)N(C)Cc1nc(NC)c2ccsc2n1. The number of rotatable bonds is 7. The van der Waals surface area contributed by atoms with Gasteiger partial charge in [-0.25, -0.2) is 9.97 Å². The molecule has 4 nitrogen and oxygen atoms in total. The zero-order valence-corrected chi connectivity index (χ0v) is 14.1. The third kappa shape index (κ3) is 3.42. The van der Waals surface area contributed by atoms with Crippen molar-refractivity contribution in [1.82, 2.24) is 14.9 Å². The molecule has 1 atom stereocenters. The molecule has 0 aromatic carbocycles. The highest BCUT2D eigenvalue weighted by atomic mass is 32.2. The number of aromatic nitrogens is 2. The van der Waals surface area contributed by atoms with E-state index in [1.807, 2.05) is 18.8 Å². The van der Waals surface area contributed by atoms with Crippen LogP contribution in [0.15, 0.2) is 11.4 Å². The highest BCUT2D eigenvalue weighted by molar-refractivity contribution is 7.98. The van der Waals surface area contributed by atoms with E-state index in [4.69, 9.17) is 0 Å². The first-order chi connectivity index (χ1) is 9.69. The van der Waals surface area contributed by atoms with Gasteiger partial charge in [-0.1, -0.05) is 6.92 Å². The van der Waals surface area contributed by atoms with E-state index in [1.54, 1.807) is 11.3 Å². The van der Waals surface area contributed by atoms with Crippen molar-refractivity contribution in [2.24, 2.45) is 0 Å². The summed E-state index contributed by atoms with van der Waals surface area (Å²) in [5.74, 6) is 2.97. The lowest BCUT2D eigenvalue weighted by Crippen LogP contribution is -2.33. The minimum Gasteiger partial charge on any atom is -0.372 e. The molecule has 2 rings (SSSR count). The van der Waals surface area contributed by atoms with Gasteiger partial charge < -0.3 is 5.32 Å². The highest BCUT2D eigenvalue weighted by Crippen LogP contribution is 2.25. The van der Waals surface area contributed by atoms with Crippen LogP contribution in [0.4, 0.5) is 5.82 Å². The van der Waals surface area contributed by atoms with Gasteiger partial charge in [-0.3, -0.25) is 4.90 Å². The first kappa shape index (κ1) is 15.5. The van der Waals surface area contributed by atoms with Crippen molar-refractivity contribution in [2.45, 2.75) is 25.9 Å². The number of thioether (sulfide) groups is 1. The van der Waals surface area contributed by atoms with Crippen LogP contribution >= 0.6 is 23.1 Å². The zero-order valence-electron chi connectivity index (χ0n) is 12.5. The number of hydrogen-bond donors (Lipinski definition) is 1. The Hall–Kier alpha value is -0.850. The van der Waals surface area contributed by atoms with Gasteiger partial charge in [-0.05, 0) is 31.2 Å². The second kappa shape index (κ2) is 7.24. The lowest BCUT2D eigenvalue weighted by molar-refractivity contribution is 0.242. The van der Waals surface area contributed by atoms with E-state index in [0.29, 0.717) is 6.04 Å². The Labute approximate surface area is 129 Å². The number of nitrogens with one attached hydrogen (secondary N) is 1. The van der Waals surface area contributed by atoms with E-state index in [-0.39, 0.29) is 0 Å². The van der Waals surface area contributed by atoms with E-state index in [0.717, 1.165) is 40.6 Å². The molecule has 2 aromatic rings. The van der Waals surface area contributed by atoms with E-state index in [2.05, 4.69) is 51.9 Å². The standard InChI is InChI=1S/C14H22N4S2/c1-5-10(9-19-4)18(3)8-12-16-13(15-2)11-6-7-20-14(11)17-12/h6-7,10H,5,8-9H2,1-4H3,(H,15,16,17). The first-order valence-corrected chi connectivity index (χ1v) is 9.08. The van der Waals surface area contributed by atoms with Crippen molar-refractivity contribution < 1.29 is 0 Å². The predicted octanol–water partition coefficient (Wildman–Crippen LogP) is 3.31. The van der Waals surface area contributed by atoms with Crippen LogP contribution in [0.25, 0.3) is 10.2 Å². The van der Waals surface area contributed by atoms with Gasteiger partial charge in [0.1, 0.15) is 16.5 Å². The van der Waals surface area contributed by atoms with Crippen LogP contribution in [-0.2, 0) is 6.54 Å². The van der Waals surface area contributed by atoms with Crippen molar-refractivity contribution in [3.63, 3.8) is 0 Å². The Morgan fingerprint density at radius 3 is 2.90 bits per heavy atom. The van der Waals surface area contributed by atoms with E-state index < -0.39 is 0 Å². The van der Waals surface area contributed by atoms with Crippen LogP contribution < -0.4 is 5.32 Å². The van der Waals surface area contributed by atoms with Gasteiger partial charge in [0.2, 0.25) is 0 Å². The van der Waals surface area contributed by atoms with Gasteiger partial charge in [-0.15, -0.1) is 11.3 Å². The molecule has 6 heteroatoms. The largest absolute Gasteiger partial charge is 0.372 e. The molecule has 0 radical (unpaired) electrons. The third-order valence-electron chi connectivity index (χ3n) is 3.45. The maximum Gasteiger partial charge on any atom is 0.146 e. The van der Waals surface area contributed by atoms with E-state index in [9.17, 15) is 0 Å². The molecule has 0 spiro atoms. The summed E-state index contributed by atoms with van der Waals surface area (Å²) in [5, 5.41) is 6.35. The molecule has 0 saturated carbocycles. The maximum atomic E-state index is 4.68. The quantitative estimate of drug-likeness (QED) is 0.850. The number of nitrogens with zero attached hydrogens (tertiary/aromatic N) is 3. The summed E-state index contributed by atoms with van der Waals surface area (Å²) in [6.07, 6.45) is 3.31. The van der Waals surface area contributed by atoms with Crippen LogP contribution in [0.3, 0.4) is 0 Å². The van der Waals surface area contributed by atoms with Gasteiger partial charge in [-0.2, -0.15) is 11.8 Å². The van der Waals surface area contributed by atoms with Crippen LogP contribution in [0.1, 0.15) is 19.2 Å². The minimum absolute atomic E-state index is 0.575. The monoisotopic (exact) mass is 310 g/mol. The molecule has 1 unspecified atom stereocenters. The smallest absolute Gasteiger partial charge is 0.146 e. The van der Waals surface area contributed by atoms with Crippen LogP contribution in [0.2, 0.25) is 0 Å². The minimum atomic E-state index is 0.575. The Kier molecular flexibility index (Phi) is 5.63. The highest BCUT2D eigenvalue weighted by Gasteiger charge is 2.15. The lowest BCUT2D eigenvalue weighted by Gasteiger charge is -2.25. The van der Waals surface area contributed by atoms with Gasteiger partial charge in [0.15, 0.2) is 0 Å². The zero-order chi connectivity index (χ0) is 14.5. The average molecular weight is 310 g/mol. The van der Waals surface area contributed by atoms with Gasteiger partial charge in [0.25, 0.3) is 0 Å². The Balaban J connectivity index is 2.20. The summed E-state index contributed by atoms with van der Waals surface area (Å²) in [7, 11) is 4.07. The summed E-state index contributed by atoms with van der Waals surface area (Å²) < 4.78 is 0. The maximum absolute atomic E-state index is 4.68. The molecule has 0 amide bonds. The molecule has 2 heterocycles. The normalized spacial score (nSPS) is 13.1. The molecule has 0 aliphatic rings. The number of anilines is 1. The van der Waals surface area contributed by atoms with Gasteiger partial charge >= 0.3 is 0 Å². The van der Waals surface area contributed by atoms with Crippen molar-refractivity contribution in [3.05, 3.63) is 17.3 Å². The number of thiophene rings is 1. The molecule has 0 fully saturated rings. The molecular formula is C14H22N4S2. The summed E-state index contributed by atoms with van der Waals surface area (Å²) in [5.41, 5.74) is 0. The average Bonchev–Trinajstić information content (AvgIpc) is 2.91. The molecular weight excluding hydrogens is 288 g/mol. The molecule has 1 N–H and O–H groups in total. The molecule has 0 bridgehead atoms. The Morgan fingerprint density at radius 1 is 1.45 bits per heavy atom. The first-order valence-electron chi connectivity index (χ1n) is 6.80. The van der Waals surface area contributed by atoms with Crippen molar-refractivity contribution >= 4 is 39.1 Å². The second-order valence-corrected chi connectivity index (χ2v) is 6.62. The fourth-order valence-corrected chi connectivity index (χ4v) is 3.92. The summed E-state index contributed by atoms with van der Waals surface area (Å²) in [4.78, 5) is 12.7. The summed E-state index contributed by atoms with van der Waals surface area (Å²) in [6, 6.07) is 2.65. The van der Waals surface area contributed by atoms with Gasteiger partial charge in [0, 0.05) is 18.8 Å². The van der Waals surface area contributed by atoms with Gasteiger partial charge in [0.05, 0.1) is 11.9 Å². The summed E-state index contributed by atoms with van der Waals surface area (Å²) in [6.45, 7) is 3.03. The molecule has 0 saturated heterocycles. The number of fused-ring (bicyclic) bond motifs is 1. The van der Waals surface area contributed by atoms with Crippen molar-refractivity contribution in [2.75, 3.05) is 31.4 Å². The van der Waals surface area contributed by atoms with Crippen LogP contribution in [-0.4, -0.2) is 47.0 Å². The lowest BCUT2D eigenvalue weighted by atomic mass is 10.2. The summed E-state index contributed by atoms with van der Waals surface area (Å²) >= 11 is 3.56. The number of hydrogen-bond acceptors (Lipinski definition) is 6. The molecule has 0 aliphatic heterocycles. The fraction of sp³-hybridized carbons (Fsp3) is 0.571. The molecule has 110 valence electrons.